The lowest BCUT2D eigenvalue weighted by molar-refractivity contribution is 0.0289. The molecule has 0 bridgehead atoms. The number of likely N-dealkylation sites (tertiary alicyclic amines) is 1. The summed E-state index contributed by atoms with van der Waals surface area (Å²) in [6, 6.07) is 6.44. The van der Waals surface area contributed by atoms with E-state index in [2.05, 4.69) is 22.0 Å². The number of rotatable bonds is 5. The molecule has 0 radical (unpaired) electrons. The van der Waals surface area contributed by atoms with E-state index in [1.54, 1.807) is 0 Å². The Balaban J connectivity index is 1.77. The topological polar surface area (TPSA) is 45.3 Å². The molecule has 2 aromatic rings. The molecule has 0 spiro atoms. The summed E-state index contributed by atoms with van der Waals surface area (Å²) in [6.45, 7) is 7.13. The van der Waals surface area contributed by atoms with Gasteiger partial charge in [0.05, 0.1) is 6.10 Å². The average molecular weight is 346 g/mol. The van der Waals surface area contributed by atoms with E-state index in [9.17, 15) is 4.79 Å². The molecule has 1 atom stereocenters. The lowest BCUT2D eigenvalue weighted by atomic mass is 10.1. The highest BCUT2D eigenvalue weighted by molar-refractivity contribution is 7.15. The fraction of sp³-hybridized carbons (Fsp3) is 0.526. The Morgan fingerprint density at radius 2 is 2.25 bits per heavy atom. The first-order chi connectivity index (χ1) is 11.6. The Bertz CT molecular complexity index is 750. The van der Waals surface area contributed by atoms with Gasteiger partial charge in [0.15, 0.2) is 0 Å². The highest BCUT2D eigenvalue weighted by Crippen LogP contribution is 2.31. The van der Waals surface area contributed by atoms with Crippen LogP contribution < -0.4 is 5.56 Å². The largest absolute Gasteiger partial charge is 0.380 e. The molecule has 0 saturated carbocycles. The average Bonchev–Trinajstić information content (AvgIpc) is 3.03. The highest BCUT2D eigenvalue weighted by atomic mass is 32.1. The van der Waals surface area contributed by atoms with Crippen LogP contribution >= 0.6 is 11.3 Å². The van der Waals surface area contributed by atoms with Gasteiger partial charge in [-0.15, -0.1) is 11.3 Å². The molecule has 4 nitrogen and oxygen atoms in total. The van der Waals surface area contributed by atoms with Gasteiger partial charge in [0, 0.05) is 46.8 Å². The normalized spacial score (nSPS) is 18.9. The summed E-state index contributed by atoms with van der Waals surface area (Å²) in [5.41, 5.74) is 2.98. The molecule has 2 aromatic heterocycles. The number of pyridine rings is 1. The second-order valence-electron chi connectivity index (χ2n) is 6.52. The van der Waals surface area contributed by atoms with Gasteiger partial charge in [-0.05, 0) is 50.9 Å². The molecule has 24 heavy (non-hydrogen) atoms. The number of nitrogens with one attached hydrogen (secondary N) is 1. The molecule has 1 saturated heterocycles. The molecule has 1 unspecified atom stereocenters. The van der Waals surface area contributed by atoms with Gasteiger partial charge in [0.25, 0.3) is 5.56 Å². The molecule has 0 amide bonds. The first kappa shape index (κ1) is 17.4. The van der Waals surface area contributed by atoms with Crippen LogP contribution in [0.3, 0.4) is 0 Å². The molecule has 0 aromatic carbocycles. The number of thiophene rings is 1. The minimum Gasteiger partial charge on any atom is -0.380 e. The van der Waals surface area contributed by atoms with Crippen molar-refractivity contribution in [2.75, 3.05) is 20.2 Å². The van der Waals surface area contributed by atoms with Crippen LogP contribution in [0.4, 0.5) is 0 Å². The Labute approximate surface area is 147 Å². The third-order valence-electron chi connectivity index (χ3n) is 4.80. The number of hydrogen-bond donors (Lipinski definition) is 1. The van der Waals surface area contributed by atoms with Crippen LogP contribution in [0.2, 0.25) is 0 Å². The number of H-pyrrole nitrogens is 1. The molecular formula is C19H26N2O2S. The second-order valence-corrected chi connectivity index (χ2v) is 7.69. The number of hydrogen-bond acceptors (Lipinski definition) is 4. The van der Waals surface area contributed by atoms with Crippen LogP contribution in [0.5, 0.6) is 0 Å². The SMILES string of the molecule is CCc1cc(-c2ccc(CN3CCCC(OC)C3)s2)c(C)[nH]c1=O. The summed E-state index contributed by atoms with van der Waals surface area (Å²) in [7, 11) is 1.81. The summed E-state index contributed by atoms with van der Waals surface area (Å²) >= 11 is 1.82. The smallest absolute Gasteiger partial charge is 0.251 e. The molecule has 1 aliphatic rings. The summed E-state index contributed by atoms with van der Waals surface area (Å²) in [5, 5.41) is 0. The van der Waals surface area contributed by atoms with Crippen molar-refractivity contribution in [3.05, 3.63) is 44.7 Å². The van der Waals surface area contributed by atoms with Crippen molar-refractivity contribution in [3.63, 3.8) is 0 Å². The minimum absolute atomic E-state index is 0.0365. The summed E-state index contributed by atoms with van der Waals surface area (Å²) in [6.07, 6.45) is 3.49. The molecule has 1 fully saturated rings. The van der Waals surface area contributed by atoms with E-state index in [-0.39, 0.29) is 5.56 Å². The molecule has 3 rings (SSSR count). The summed E-state index contributed by atoms with van der Waals surface area (Å²) < 4.78 is 5.51. The highest BCUT2D eigenvalue weighted by Gasteiger charge is 2.20. The van der Waals surface area contributed by atoms with E-state index in [1.165, 1.54) is 22.6 Å². The van der Waals surface area contributed by atoms with Crippen molar-refractivity contribution in [1.29, 1.82) is 0 Å². The predicted octanol–water partition coefficient (Wildman–Crippen LogP) is 3.59. The van der Waals surface area contributed by atoms with Crippen molar-refractivity contribution < 1.29 is 4.74 Å². The lowest BCUT2D eigenvalue weighted by Crippen LogP contribution is -2.38. The number of methoxy groups -OCH3 is 1. The van der Waals surface area contributed by atoms with Crippen molar-refractivity contribution >= 4 is 11.3 Å². The number of ether oxygens (including phenoxy) is 1. The molecule has 3 heterocycles. The quantitative estimate of drug-likeness (QED) is 0.900. The van der Waals surface area contributed by atoms with Crippen molar-refractivity contribution in [1.82, 2.24) is 9.88 Å². The van der Waals surface area contributed by atoms with Crippen LogP contribution in [-0.2, 0) is 17.7 Å². The maximum absolute atomic E-state index is 11.9. The number of aromatic amines is 1. The number of piperidine rings is 1. The summed E-state index contributed by atoms with van der Waals surface area (Å²) in [5.74, 6) is 0. The Morgan fingerprint density at radius 1 is 1.42 bits per heavy atom. The van der Waals surface area contributed by atoms with E-state index in [1.807, 2.05) is 38.4 Å². The third-order valence-corrected chi connectivity index (χ3v) is 5.90. The molecule has 5 heteroatoms. The van der Waals surface area contributed by atoms with Gasteiger partial charge in [0.2, 0.25) is 0 Å². The van der Waals surface area contributed by atoms with Gasteiger partial charge in [-0.2, -0.15) is 0 Å². The Hall–Kier alpha value is -1.43. The first-order valence-electron chi connectivity index (χ1n) is 8.67. The zero-order valence-corrected chi connectivity index (χ0v) is 15.5. The van der Waals surface area contributed by atoms with Gasteiger partial charge in [-0.25, -0.2) is 0 Å². The minimum atomic E-state index is 0.0365. The van der Waals surface area contributed by atoms with Crippen LogP contribution in [0.15, 0.2) is 23.0 Å². The molecule has 130 valence electrons. The van der Waals surface area contributed by atoms with E-state index in [0.717, 1.165) is 42.9 Å². The van der Waals surface area contributed by atoms with Gasteiger partial charge >= 0.3 is 0 Å². The van der Waals surface area contributed by atoms with E-state index < -0.39 is 0 Å². The second kappa shape index (κ2) is 7.64. The number of aryl methyl sites for hydroxylation is 2. The molecular weight excluding hydrogens is 320 g/mol. The Kier molecular flexibility index (Phi) is 5.54. The Morgan fingerprint density at radius 3 is 3.00 bits per heavy atom. The zero-order chi connectivity index (χ0) is 17.1. The standard InChI is InChI=1S/C19H26N2O2S/c1-4-14-10-17(13(2)20-19(14)22)18-8-7-16(24-18)12-21-9-5-6-15(11-21)23-3/h7-8,10,15H,4-6,9,11-12H2,1-3H3,(H,20,22). The van der Waals surface area contributed by atoms with Gasteiger partial charge in [0.1, 0.15) is 0 Å². The fourth-order valence-electron chi connectivity index (χ4n) is 3.36. The third kappa shape index (κ3) is 3.79. The van der Waals surface area contributed by atoms with E-state index >= 15 is 0 Å². The van der Waals surface area contributed by atoms with E-state index in [4.69, 9.17) is 4.74 Å². The van der Waals surface area contributed by atoms with E-state index in [0.29, 0.717) is 6.10 Å². The van der Waals surface area contributed by atoms with Gasteiger partial charge in [-0.1, -0.05) is 6.92 Å². The monoisotopic (exact) mass is 346 g/mol. The van der Waals surface area contributed by atoms with Crippen LogP contribution in [0.25, 0.3) is 10.4 Å². The lowest BCUT2D eigenvalue weighted by Gasteiger charge is -2.31. The van der Waals surface area contributed by atoms with Gasteiger partial charge in [-0.3, -0.25) is 9.69 Å². The first-order valence-corrected chi connectivity index (χ1v) is 9.49. The van der Waals surface area contributed by atoms with Crippen molar-refractivity contribution in [2.24, 2.45) is 0 Å². The van der Waals surface area contributed by atoms with Crippen LogP contribution in [0.1, 0.15) is 35.9 Å². The number of aromatic nitrogens is 1. The van der Waals surface area contributed by atoms with Crippen LogP contribution in [0, 0.1) is 6.92 Å². The molecule has 0 aliphatic carbocycles. The summed E-state index contributed by atoms with van der Waals surface area (Å²) in [4.78, 5) is 20.0. The van der Waals surface area contributed by atoms with Crippen LogP contribution in [-0.4, -0.2) is 36.2 Å². The van der Waals surface area contributed by atoms with Crippen molar-refractivity contribution in [2.45, 2.75) is 45.8 Å². The van der Waals surface area contributed by atoms with Gasteiger partial charge < -0.3 is 9.72 Å². The molecule has 1 N–H and O–H groups in total. The predicted molar refractivity (Wildman–Crippen MR) is 99.8 cm³/mol. The zero-order valence-electron chi connectivity index (χ0n) is 14.7. The number of nitrogens with zero attached hydrogens (tertiary/aromatic N) is 1. The fourth-order valence-corrected chi connectivity index (χ4v) is 4.49. The van der Waals surface area contributed by atoms with Crippen molar-refractivity contribution in [3.8, 4) is 10.4 Å². The molecule has 1 aliphatic heterocycles. The maximum atomic E-state index is 11.9. The maximum Gasteiger partial charge on any atom is 0.251 e.